The zero-order chi connectivity index (χ0) is 26.9. The number of nitrogens with zero attached hydrogens (tertiary/aromatic N) is 4. The minimum absolute atomic E-state index is 0.103. The van der Waals surface area contributed by atoms with Crippen molar-refractivity contribution in [1.29, 1.82) is 0 Å². The van der Waals surface area contributed by atoms with Gasteiger partial charge in [-0.2, -0.15) is 5.10 Å². The Morgan fingerprint density at radius 2 is 1.61 bits per heavy atom. The lowest BCUT2D eigenvalue weighted by Crippen LogP contribution is -2.40. The topological polar surface area (TPSA) is 93.7 Å². The van der Waals surface area contributed by atoms with Crippen LogP contribution in [0.15, 0.2) is 48.5 Å². The molecule has 1 aromatic heterocycles. The zero-order valence-electron chi connectivity index (χ0n) is 22.6. The summed E-state index contributed by atoms with van der Waals surface area (Å²) in [4.78, 5) is 30.4. The van der Waals surface area contributed by atoms with Gasteiger partial charge in [-0.3, -0.25) is 9.59 Å². The fourth-order valence-corrected chi connectivity index (χ4v) is 6.05. The van der Waals surface area contributed by atoms with Gasteiger partial charge in [0.15, 0.2) is 5.69 Å². The van der Waals surface area contributed by atoms with Gasteiger partial charge in [0.05, 0.1) is 12.8 Å². The molecule has 200 valence electrons. The molecule has 2 amide bonds. The Balaban J connectivity index is 1.46. The molecule has 0 spiro atoms. The van der Waals surface area contributed by atoms with Crippen molar-refractivity contribution in [2.45, 2.75) is 51.4 Å². The number of carbonyl (C=O) groups is 2. The lowest BCUT2D eigenvalue weighted by molar-refractivity contribution is 0.0972. The van der Waals surface area contributed by atoms with Crippen molar-refractivity contribution < 1.29 is 14.3 Å². The average molecular weight is 516 g/mol. The number of likely N-dealkylation sites (tertiary alicyclic amines) is 1. The van der Waals surface area contributed by atoms with Gasteiger partial charge in [0.25, 0.3) is 11.8 Å². The number of carbonyl (C=O) groups excluding carboxylic acids is 2. The number of hydrogen-bond acceptors (Lipinski definition) is 5. The van der Waals surface area contributed by atoms with Gasteiger partial charge < -0.3 is 20.3 Å². The van der Waals surface area contributed by atoms with E-state index >= 15 is 0 Å². The summed E-state index contributed by atoms with van der Waals surface area (Å²) in [5.74, 6) is -0.130. The van der Waals surface area contributed by atoms with Gasteiger partial charge in [0.1, 0.15) is 11.4 Å². The normalized spacial score (nSPS) is 16.1. The van der Waals surface area contributed by atoms with Crippen LogP contribution in [-0.4, -0.2) is 59.8 Å². The lowest BCUT2D eigenvalue weighted by Gasteiger charge is -2.37. The number of primary amides is 1. The van der Waals surface area contributed by atoms with Crippen LogP contribution in [0, 0.1) is 0 Å². The summed E-state index contributed by atoms with van der Waals surface area (Å²) in [5, 5.41) is 4.46. The van der Waals surface area contributed by atoms with Crippen LogP contribution in [0.1, 0.15) is 71.6 Å². The van der Waals surface area contributed by atoms with E-state index in [1.165, 1.54) is 36.2 Å². The van der Waals surface area contributed by atoms with Crippen LogP contribution in [0.4, 0.5) is 5.69 Å². The monoisotopic (exact) mass is 515 g/mol. The number of benzene rings is 2. The molecule has 0 bridgehead atoms. The third-order valence-electron chi connectivity index (χ3n) is 8.44. The fraction of sp³-hybridized carbons (Fsp3) is 0.433. The molecule has 1 saturated heterocycles. The first-order valence-corrected chi connectivity index (χ1v) is 13.6. The van der Waals surface area contributed by atoms with Gasteiger partial charge in [-0.05, 0) is 87.2 Å². The van der Waals surface area contributed by atoms with Crippen molar-refractivity contribution in [3.05, 3.63) is 71.0 Å². The van der Waals surface area contributed by atoms with Gasteiger partial charge in [-0.15, -0.1) is 0 Å². The quantitative estimate of drug-likeness (QED) is 0.458. The molecule has 8 nitrogen and oxygen atoms in total. The number of hydrogen-bond donors (Lipinski definition) is 1. The number of fused-ring (bicyclic) bond motifs is 1. The van der Waals surface area contributed by atoms with Crippen LogP contribution in [0.25, 0.3) is 5.69 Å². The number of rotatable bonds is 9. The van der Waals surface area contributed by atoms with Crippen LogP contribution in [-0.2, 0) is 11.8 Å². The van der Waals surface area contributed by atoms with E-state index < -0.39 is 5.91 Å². The Hall–Kier alpha value is -3.65. The fourth-order valence-electron chi connectivity index (χ4n) is 6.05. The molecule has 0 saturated carbocycles. The molecule has 3 heterocycles. The maximum absolute atomic E-state index is 13.9. The Morgan fingerprint density at radius 1 is 0.974 bits per heavy atom. The Labute approximate surface area is 224 Å². The molecule has 1 fully saturated rings. The maximum Gasteiger partial charge on any atom is 0.277 e. The first kappa shape index (κ1) is 26.0. The maximum atomic E-state index is 13.9. The van der Waals surface area contributed by atoms with Gasteiger partial charge in [-0.25, -0.2) is 4.68 Å². The van der Waals surface area contributed by atoms with E-state index in [4.69, 9.17) is 10.5 Å². The SMILES string of the molecule is CCC(CC)(CN1CCCC1)c1ccc(N2CCc3c(C(N)=O)nn(-c4ccc(OC)cc4)c3C2=O)cc1. The summed E-state index contributed by atoms with van der Waals surface area (Å²) in [7, 11) is 1.60. The summed E-state index contributed by atoms with van der Waals surface area (Å²) in [6, 6.07) is 15.7. The Kier molecular flexibility index (Phi) is 7.25. The molecule has 2 aromatic carbocycles. The molecule has 5 rings (SSSR count). The molecular formula is C30H37N5O3. The number of ether oxygens (including phenoxy) is 1. The predicted octanol–water partition coefficient (Wildman–Crippen LogP) is 4.34. The van der Waals surface area contributed by atoms with Crippen molar-refractivity contribution in [2.24, 2.45) is 5.73 Å². The third kappa shape index (κ3) is 4.58. The van der Waals surface area contributed by atoms with E-state index in [-0.39, 0.29) is 17.0 Å². The molecule has 3 aromatic rings. The minimum atomic E-state index is -0.632. The van der Waals surface area contributed by atoms with Gasteiger partial charge in [0.2, 0.25) is 0 Å². The summed E-state index contributed by atoms with van der Waals surface area (Å²) in [6.07, 6.45) is 5.21. The van der Waals surface area contributed by atoms with Crippen LogP contribution < -0.4 is 15.4 Å². The average Bonchev–Trinajstić information content (AvgIpc) is 3.61. The van der Waals surface area contributed by atoms with Crippen molar-refractivity contribution in [3.63, 3.8) is 0 Å². The summed E-state index contributed by atoms with van der Waals surface area (Å²) in [5.41, 5.74) is 9.71. The third-order valence-corrected chi connectivity index (χ3v) is 8.44. The van der Waals surface area contributed by atoms with Crippen molar-refractivity contribution in [3.8, 4) is 11.4 Å². The highest BCUT2D eigenvalue weighted by Gasteiger charge is 2.36. The first-order valence-electron chi connectivity index (χ1n) is 13.6. The molecule has 2 N–H and O–H groups in total. The van der Waals surface area contributed by atoms with E-state index in [9.17, 15) is 9.59 Å². The second-order valence-corrected chi connectivity index (χ2v) is 10.4. The Bertz CT molecular complexity index is 1300. The van der Waals surface area contributed by atoms with Crippen molar-refractivity contribution in [1.82, 2.24) is 14.7 Å². The molecular weight excluding hydrogens is 478 g/mol. The molecule has 8 heteroatoms. The zero-order valence-corrected chi connectivity index (χ0v) is 22.6. The van der Waals surface area contributed by atoms with E-state index in [2.05, 4.69) is 48.1 Å². The van der Waals surface area contributed by atoms with Crippen LogP contribution in [0.5, 0.6) is 5.75 Å². The van der Waals surface area contributed by atoms with Gasteiger partial charge in [-0.1, -0.05) is 26.0 Å². The molecule has 0 unspecified atom stereocenters. The minimum Gasteiger partial charge on any atom is -0.497 e. The standard InChI is InChI=1S/C30H37N5O3/c1-4-30(5-2,20-33-17-6-7-18-33)21-8-10-22(11-9-21)34-19-16-25-26(28(31)36)32-35(27(25)29(34)37)23-12-14-24(38-3)15-13-23/h8-15H,4-7,16-20H2,1-3H3,(H2,31,36). The smallest absolute Gasteiger partial charge is 0.277 e. The Morgan fingerprint density at radius 3 is 2.18 bits per heavy atom. The van der Waals surface area contributed by atoms with Crippen LogP contribution in [0.2, 0.25) is 0 Å². The predicted molar refractivity (Wildman–Crippen MR) is 148 cm³/mol. The summed E-state index contributed by atoms with van der Waals surface area (Å²) >= 11 is 0. The van der Waals surface area contributed by atoms with Gasteiger partial charge in [0, 0.05) is 29.8 Å². The number of amides is 2. The molecule has 2 aliphatic rings. The van der Waals surface area contributed by atoms with E-state index in [1.54, 1.807) is 24.1 Å². The van der Waals surface area contributed by atoms with Crippen LogP contribution >= 0.6 is 0 Å². The molecule has 0 radical (unpaired) electrons. The first-order chi connectivity index (χ1) is 18.4. The van der Waals surface area contributed by atoms with E-state index in [0.29, 0.717) is 35.7 Å². The highest BCUT2D eigenvalue weighted by molar-refractivity contribution is 6.09. The number of anilines is 1. The number of aromatic nitrogens is 2. The van der Waals surface area contributed by atoms with Crippen molar-refractivity contribution in [2.75, 3.05) is 38.2 Å². The van der Waals surface area contributed by atoms with E-state index in [1.807, 2.05) is 12.1 Å². The highest BCUT2D eigenvalue weighted by Crippen LogP contribution is 2.36. The summed E-state index contributed by atoms with van der Waals surface area (Å²) < 4.78 is 6.80. The molecule has 38 heavy (non-hydrogen) atoms. The second kappa shape index (κ2) is 10.6. The van der Waals surface area contributed by atoms with Crippen LogP contribution in [0.3, 0.4) is 0 Å². The number of methoxy groups -OCH3 is 1. The van der Waals surface area contributed by atoms with Crippen molar-refractivity contribution >= 4 is 17.5 Å². The molecule has 0 aliphatic carbocycles. The number of nitrogens with two attached hydrogens (primary N) is 1. The van der Waals surface area contributed by atoms with E-state index in [0.717, 1.165) is 25.1 Å². The molecule has 0 atom stereocenters. The second-order valence-electron chi connectivity index (χ2n) is 10.4. The molecule has 2 aliphatic heterocycles. The lowest BCUT2D eigenvalue weighted by atomic mass is 9.75. The largest absolute Gasteiger partial charge is 0.497 e. The summed E-state index contributed by atoms with van der Waals surface area (Å²) in [6.45, 7) is 8.45. The highest BCUT2D eigenvalue weighted by atomic mass is 16.5. The van der Waals surface area contributed by atoms with Gasteiger partial charge >= 0.3 is 0 Å².